The van der Waals surface area contributed by atoms with E-state index in [1.807, 2.05) is 0 Å². The van der Waals surface area contributed by atoms with Crippen LogP contribution in [0.2, 0.25) is 0 Å². The Bertz CT molecular complexity index is 299. The summed E-state index contributed by atoms with van der Waals surface area (Å²) in [6.45, 7) is 6.17. The number of nitrogens with zero attached hydrogens (tertiary/aromatic N) is 2. The third-order valence-corrected chi connectivity index (χ3v) is 4.27. The van der Waals surface area contributed by atoms with Gasteiger partial charge >= 0.3 is 0 Å². The Hall–Kier alpha value is -0.610. The van der Waals surface area contributed by atoms with Gasteiger partial charge in [0.2, 0.25) is 5.91 Å². The molecule has 4 rings (SSSR count). The van der Waals surface area contributed by atoms with Crippen LogP contribution in [0, 0.1) is 5.92 Å². The maximum Gasteiger partial charge on any atom is 0.249 e. The summed E-state index contributed by atoms with van der Waals surface area (Å²) in [4.78, 5) is 20.4. The van der Waals surface area contributed by atoms with E-state index in [1.54, 1.807) is 5.06 Å². The van der Waals surface area contributed by atoms with Crippen molar-refractivity contribution in [2.24, 2.45) is 5.92 Å². The van der Waals surface area contributed by atoms with E-state index >= 15 is 0 Å². The molecule has 4 fully saturated rings. The van der Waals surface area contributed by atoms with Crippen molar-refractivity contribution in [3.8, 4) is 0 Å². The van der Waals surface area contributed by atoms with Gasteiger partial charge in [0, 0.05) is 13.1 Å². The van der Waals surface area contributed by atoms with Gasteiger partial charge in [-0.1, -0.05) is 6.92 Å². The highest BCUT2D eigenvalue weighted by Crippen LogP contribution is 2.44. The largest absolute Gasteiger partial charge is 0.300 e. The first-order chi connectivity index (χ1) is 7.73. The van der Waals surface area contributed by atoms with Crippen molar-refractivity contribution in [3.63, 3.8) is 0 Å². The highest BCUT2D eigenvalue weighted by atomic mass is 16.7. The molecule has 4 aliphatic rings. The average Bonchev–Trinajstić information content (AvgIpc) is 2.57. The normalized spacial score (nSPS) is 42.3. The van der Waals surface area contributed by atoms with Gasteiger partial charge in [-0.05, 0) is 38.3 Å². The van der Waals surface area contributed by atoms with Crippen LogP contribution < -0.4 is 0 Å². The van der Waals surface area contributed by atoms with E-state index in [4.69, 9.17) is 4.84 Å². The number of carbonyl (C=O) groups is 1. The van der Waals surface area contributed by atoms with Gasteiger partial charge in [-0.3, -0.25) is 9.63 Å². The minimum Gasteiger partial charge on any atom is -0.300 e. The van der Waals surface area contributed by atoms with Crippen LogP contribution in [0.3, 0.4) is 0 Å². The SMILES string of the molecule is CCCN1OC2(CC1=O)CN1CCC2CC1. The van der Waals surface area contributed by atoms with Crippen molar-refractivity contribution >= 4 is 5.91 Å². The van der Waals surface area contributed by atoms with E-state index in [0.29, 0.717) is 12.3 Å². The van der Waals surface area contributed by atoms with Crippen molar-refractivity contribution in [1.82, 2.24) is 9.96 Å². The van der Waals surface area contributed by atoms with Gasteiger partial charge in [-0.25, -0.2) is 5.06 Å². The molecule has 1 spiro atoms. The Morgan fingerprint density at radius 3 is 2.75 bits per heavy atom. The molecule has 0 radical (unpaired) electrons. The van der Waals surface area contributed by atoms with Crippen LogP contribution >= 0.6 is 0 Å². The van der Waals surface area contributed by atoms with Crippen molar-refractivity contribution < 1.29 is 9.63 Å². The lowest BCUT2D eigenvalue weighted by Crippen LogP contribution is -2.59. The predicted molar refractivity (Wildman–Crippen MR) is 59.6 cm³/mol. The molecule has 2 bridgehead atoms. The molecule has 4 nitrogen and oxygen atoms in total. The summed E-state index contributed by atoms with van der Waals surface area (Å²) < 4.78 is 0. The second kappa shape index (κ2) is 3.70. The minimum atomic E-state index is -0.164. The third kappa shape index (κ3) is 1.47. The molecule has 0 saturated carbocycles. The van der Waals surface area contributed by atoms with Crippen LogP contribution in [0.15, 0.2) is 0 Å². The Morgan fingerprint density at radius 2 is 2.19 bits per heavy atom. The number of rotatable bonds is 2. The molecule has 16 heavy (non-hydrogen) atoms. The van der Waals surface area contributed by atoms with Gasteiger partial charge in [0.05, 0.1) is 6.42 Å². The van der Waals surface area contributed by atoms with E-state index in [9.17, 15) is 4.79 Å². The van der Waals surface area contributed by atoms with Gasteiger partial charge < -0.3 is 4.90 Å². The van der Waals surface area contributed by atoms with Crippen LogP contribution in [0.5, 0.6) is 0 Å². The number of hydrogen-bond donors (Lipinski definition) is 0. The first-order valence-corrected chi connectivity index (χ1v) is 6.45. The molecule has 1 unspecified atom stereocenters. The molecule has 4 aliphatic heterocycles. The minimum absolute atomic E-state index is 0.164. The molecule has 0 aromatic carbocycles. The Kier molecular flexibility index (Phi) is 2.44. The van der Waals surface area contributed by atoms with Crippen molar-refractivity contribution in [2.45, 2.75) is 38.2 Å². The second-order valence-corrected chi connectivity index (χ2v) is 5.38. The fourth-order valence-electron chi connectivity index (χ4n) is 3.45. The average molecular weight is 224 g/mol. The van der Waals surface area contributed by atoms with Crippen LogP contribution in [0.4, 0.5) is 0 Å². The highest BCUT2D eigenvalue weighted by molar-refractivity contribution is 5.78. The lowest BCUT2D eigenvalue weighted by atomic mass is 9.74. The zero-order valence-corrected chi connectivity index (χ0v) is 9.95. The zero-order valence-electron chi connectivity index (χ0n) is 9.95. The molecule has 90 valence electrons. The molecular weight excluding hydrogens is 204 g/mol. The number of amides is 1. The van der Waals surface area contributed by atoms with Gasteiger partial charge in [0.25, 0.3) is 0 Å². The fourth-order valence-corrected chi connectivity index (χ4v) is 3.45. The second-order valence-electron chi connectivity index (χ2n) is 5.38. The molecule has 0 aromatic heterocycles. The van der Waals surface area contributed by atoms with E-state index in [0.717, 1.165) is 19.5 Å². The summed E-state index contributed by atoms with van der Waals surface area (Å²) >= 11 is 0. The molecule has 4 heteroatoms. The maximum atomic E-state index is 11.9. The van der Waals surface area contributed by atoms with Crippen LogP contribution in [0.1, 0.15) is 32.6 Å². The summed E-state index contributed by atoms with van der Waals surface area (Å²) in [6, 6.07) is 0. The smallest absolute Gasteiger partial charge is 0.249 e. The lowest BCUT2D eigenvalue weighted by Gasteiger charge is -2.49. The summed E-state index contributed by atoms with van der Waals surface area (Å²) in [7, 11) is 0. The molecule has 0 aliphatic carbocycles. The quantitative estimate of drug-likeness (QED) is 0.702. The maximum absolute atomic E-state index is 11.9. The van der Waals surface area contributed by atoms with E-state index in [1.165, 1.54) is 25.9 Å². The number of fused-ring (bicyclic) bond motifs is 2. The molecule has 1 atom stereocenters. The van der Waals surface area contributed by atoms with E-state index in [-0.39, 0.29) is 11.5 Å². The van der Waals surface area contributed by atoms with Crippen LogP contribution in [-0.2, 0) is 9.63 Å². The first-order valence-electron chi connectivity index (χ1n) is 6.45. The van der Waals surface area contributed by atoms with Gasteiger partial charge in [0.1, 0.15) is 5.60 Å². The molecule has 0 aromatic rings. The lowest BCUT2D eigenvalue weighted by molar-refractivity contribution is -0.238. The standard InChI is InChI=1S/C12H20N2O2/c1-2-5-14-11(15)8-12(16-14)9-13-6-3-10(12)4-7-13/h10H,2-9H2,1H3. The predicted octanol–water partition coefficient (Wildman–Crippen LogP) is 1.02. The molecule has 4 saturated heterocycles. The molecule has 1 amide bonds. The summed E-state index contributed by atoms with van der Waals surface area (Å²) in [5.74, 6) is 0.791. The fraction of sp³-hybridized carbons (Fsp3) is 0.917. The molecule has 0 N–H and O–H groups in total. The summed E-state index contributed by atoms with van der Waals surface area (Å²) in [6.07, 6.45) is 3.98. The van der Waals surface area contributed by atoms with Crippen LogP contribution in [-0.4, -0.2) is 47.7 Å². The third-order valence-electron chi connectivity index (χ3n) is 4.27. The highest BCUT2D eigenvalue weighted by Gasteiger charge is 2.54. The molecule has 4 heterocycles. The number of carbonyl (C=O) groups excluding carboxylic acids is 1. The van der Waals surface area contributed by atoms with Crippen molar-refractivity contribution in [1.29, 1.82) is 0 Å². The van der Waals surface area contributed by atoms with Crippen LogP contribution in [0.25, 0.3) is 0 Å². The van der Waals surface area contributed by atoms with E-state index < -0.39 is 0 Å². The van der Waals surface area contributed by atoms with E-state index in [2.05, 4.69) is 11.8 Å². The first kappa shape index (κ1) is 10.5. The summed E-state index contributed by atoms with van der Waals surface area (Å²) in [5, 5.41) is 1.61. The molecular formula is C12H20N2O2. The Balaban J connectivity index is 1.78. The monoisotopic (exact) mass is 224 g/mol. The van der Waals surface area contributed by atoms with Crippen molar-refractivity contribution in [2.75, 3.05) is 26.2 Å². The number of piperidine rings is 3. The summed E-state index contributed by atoms with van der Waals surface area (Å²) in [5.41, 5.74) is -0.164. The van der Waals surface area contributed by atoms with Gasteiger partial charge in [-0.15, -0.1) is 0 Å². The number of hydroxylamine groups is 2. The topological polar surface area (TPSA) is 32.8 Å². The Labute approximate surface area is 96.5 Å². The van der Waals surface area contributed by atoms with Gasteiger partial charge in [-0.2, -0.15) is 0 Å². The van der Waals surface area contributed by atoms with Crippen molar-refractivity contribution in [3.05, 3.63) is 0 Å². The zero-order chi connectivity index (χ0) is 11.2. The van der Waals surface area contributed by atoms with Gasteiger partial charge in [0.15, 0.2) is 0 Å². The Morgan fingerprint density at radius 1 is 1.44 bits per heavy atom. The number of hydrogen-bond acceptors (Lipinski definition) is 3.